The molecule has 0 bridgehead atoms. The Kier molecular flexibility index (Phi) is 31.4. The molecule has 0 spiro atoms. The minimum atomic E-state index is -1.99. The molecule has 5 atom stereocenters. The predicted molar refractivity (Wildman–Crippen MR) is 357 cm³/mol. The number of carbonyl (C=O) groups is 10. The number of esters is 1. The Morgan fingerprint density at radius 2 is 1.45 bits per heavy atom. The summed E-state index contributed by atoms with van der Waals surface area (Å²) in [5, 5.41) is 34.6. The van der Waals surface area contributed by atoms with Crippen molar-refractivity contribution in [2.24, 2.45) is 29.2 Å². The van der Waals surface area contributed by atoms with Gasteiger partial charge in [0, 0.05) is 85.3 Å². The van der Waals surface area contributed by atoms with E-state index in [9.17, 15) is 63.0 Å². The minimum absolute atomic E-state index is 0.00640. The van der Waals surface area contributed by atoms with E-state index in [4.69, 9.17) is 44.9 Å². The molecule has 7 rings (SSSR count). The number of methoxy groups -OCH3 is 1. The number of fused-ring (bicyclic) bond motifs is 5. The molecule has 0 radical (unpaired) electrons. The Bertz CT molecular complexity index is 3590. The van der Waals surface area contributed by atoms with Gasteiger partial charge in [-0.05, 0) is 98.2 Å². The number of nitrogens with two attached hydrogens (primary N) is 2. The van der Waals surface area contributed by atoms with Crippen molar-refractivity contribution in [3.05, 3.63) is 91.5 Å². The second kappa shape index (κ2) is 39.2. The Morgan fingerprint density at radius 1 is 0.808 bits per heavy atom. The highest BCUT2D eigenvalue weighted by atomic mass is 19.1. The summed E-state index contributed by atoms with van der Waals surface area (Å²) >= 11 is 0. The van der Waals surface area contributed by atoms with Gasteiger partial charge in [-0.25, -0.2) is 23.8 Å². The van der Waals surface area contributed by atoms with E-state index >= 15 is 4.39 Å². The van der Waals surface area contributed by atoms with E-state index in [-0.39, 0.29) is 144 Å². The number of carboxylic acids is 1. The Balaban J connectivity index is 0.000000314. The molecule has 4 heterocycles. The number of rotatable bonds is 41. The lowest BCUT2D eigenvalue weighted by Crippen LogP contribution is -2.48. The molecule has 11 N–H and O–H groups in total. The molecule has 99 heavy (non-hydrogen) atoms. The highest BCUT2D eigenvalue weighted by molar-refractivity contribution is 5.98. The molecular formula is C69H94FN9O20. The molecule has 2 aliphatic heterocycles. The van der Waals surface area contributed by atoms with Crippen LogP contribution in [0.25, 0.3) is 22.3 Å². The number of hydrogen-bond donors (Lipinski definition) is 9. The summed E-state index contributed by atoms with van der Waals surface area (Å²) in [5.41, 5.74) is 13.9. The number of nitrogens with one attached hydrogen (secondary N) is 5. The predicted octanol–water partition coefficient (Wildman–Crippen LogP) is 4.17. The molecule has 542 valence electrons. The summed E-state index contributed by atoms with van der Waals surface area (Å²) in [5.74, 6) is -6.92. The van der Waals surface area contributed by atoms with E-state index in [1.165, 1.54) is 17.7 Å². The molecule has 2 aromatic carbocycles. The third-order valence-electron chi connectivity index (χ3n) is 17.3. The molecule has 0 saturated heterocycles. The van der Waals surface area contributed by atoms with Gasteiger partial charge >= 0.3 is 24.1 Å². The fourth-order valence-electron chi connectivity index (χ4n) is 11.9. The third kappa shape index (κ3) is 22.7. The number of benzene rings is 2. The maximum Gasteiger partial charge on any atom is 0.407 e. The maximum absolute atomic E-state index is 15.1. The van der Waals surface area contributed by atoms with E-state index in [0.717, 1.165) is 23.1 Å². The van der Waals surface area contributed by atoms with Gasteiger partial charge in [-0.2, -0.15) is 0 Å². The number of carbonyl (C=O) groups excluding carboxylic acids is 9. The summed E-state index contributed by atoms with van der Waals surface area (Å²) in [4.78, 5) is 143. The number of carboxylic acid groups (broad SMARTS) is 1. The Labute approximate surface area is 573 Å². The van der Waals surface area contributed by atoms with Gasteiger partial charge in [0.25, 0.3) is 5.56 Å². The highest BCUT2D eigenvalue weighted by Crippen LogP contribution is 2.46. The van der Waals surface area contributed by atoms with Crippen molar-refractivity contribution in [1.29, 1.82) is 0 Å². The van der Waals surface area contributed by atoms with Gasteiger partial charge in [0.05, 0.1) is 114 Å². The average Bonchev–Trinajstić information content (AvgIpc) is 1.61. The van der Waals surface area contributed by atoms with Crippen LogP contribution in [0.2, 0.25) is 0 Å². The van der Waals surface area contributed by atoms with Crippen molar-refractivity contribution >= 4 is 75.7 Å². The first kappa shape index (κ1) is 79.3. The quantitative estimate of drug-likeness (QED) is 0.0196. The third-order valence-corrected chi connectivity index (χ3v) is 17.3. The number of cyclic esters (lactones) is 1. The van der Waals surface area contributed by atoms with Crippen LogP contribution in [0.4, 0.5) is 19.7 Å². The lowest BCUT2D eigenvalue weighted by Gasteiger charge is -2.31. The number of primary amides is 1. The monoisotopic (exact) mass is 1390 g/mol. The van der Waals surface area contributed by atoms with E-state index in [2.05, 4.69) is 31.3 Å². The van der Waals surface area contributed by atoms with Gasteiger partial charge in [0.2, 0.25) is 17.7 Å². The van der Waals surface area contributed by atoms with Crippen molar-refractivity contribution in [2.75, 3.05) is 98.1 Å². The minimum Gasteiger partial charge on any atom is -0.481 e. The fourth-order valence-corrected chi connectivity index (χ4v) is 11.9. The van der Waals surface area contributed by atoms with Crippen LogP contribution in [0.15, 0.2) is 41.2 Å². The van der Waals surface area contributed by atoms with Crippen LogP contribution in [0.5, 0.6) is 0 Å². The molecule has 29 nitrogen and oxygen atoms in total. The van der Waals surface area contributed by atoms with E-state index in [0.29, 0.717) is 105 Å². The first-order valence-electron chi connectivity index (χ1n) is 33.4. The van der Waals surface area contributed by atoms with Crippen molar-refractivity contribution in [3.8, 4) is 11.4 Å². The first-order chi connectivity index (χ1) is 47.3. The van der Waals surface area contributed by atoms with Gasteiger partial charge in [-0.1, -0.05) is 39.8 Å². The van der Waals surface area contributed by atoms with Gasteiger partial charge in [-0.3, -0.25) is 38.4 Å². The highest BCUT2D eigenvalue weighted by Gasteiger charge is 2.46. The zero-order valence-corrected chi connectivity index (χ0v) is 57.1. The second-order valence-electron chi connectivity index (χ2n) is 24.6. The lowest BCUT2D eigenvalue weighted by atomic mass is 9.81. The summed E-state index contributed by atoms with van der Waals surface area (Å²) in [7, 11) is 1.19. The second-order valence-corrected chi connectivity index (χ2v) is 24.6. The van der Waals surface area contributed by atoms with Crippen LogP contribution in [0.1, 0.15) is 137 Å². The SMILES string of the molecule is CC[C@@]1(O)C(=O)OCc2c1cc1n(c2=O)Cc2c-1nc1cc(F)c(C)c3c1c2[C@@H](NC(=O)COCCC(=O)CNC(=O)OC)CC3.CCc1ccc(NC(=O)[C@H](CCCNC(N)=O)CC(=O)[C@@H](NC(=O)[C@H](CCC(=O)O)CC(=O)CCOCCOCCOCCOCCN)C(C)C)cc1. The molecule has 1 aliphatic carbocycles. The number of aromatic nitrogens is 2. The fraction of sp³-hybridized carbons (Fsp3) is 0.565. The van der Waals surface area contributed by atoms with Crippen LogP contribution in [0, 0.1) is 30.5 Å². The summed E-state index contributed by atoms with van der Waals surface area (Å²) in [6, 6.07) is 8.08. The van der Waals surface area contributed by atoms with Crippen LogP contribution in [-0.4, -0.2) is 178 Å². The molecule has 6 amide bonds. The first-order valence-corrected chi connectivity index (χ1v) is 33.4. The lowest BCUT2D eigenvalue weighted by molar-refractivity contribution is -0.172. The number of halogens is 1. The zero-order chi connectivity index (χ0) is 72.3. The molecule has 2 aromatic heterocycles. The summed E-state index contributed by atoms with van der Waals surface area (Å²) in [6.07, 6.45) is 0.794. The number of aryl methyl sites for hydroxylation is 2. The number of urea groups is 1. The number of anilines is 1. The summed E-state index contributed by atoms with van der Waals surface area (Å²) < 4.78 is 53.1. The van der Waals surface area contributed by atoms with Gasteiger partial charge in [0.15, 0.2) is 17.2 Å². The molecular weight excluding hydrogens is 1290 g/mol. The summed E-state index contributed by atoms with van der Waals surface area (Å²) in [6.45, 7) is 11.6. The van der Waals surface area contributed by atoms with Crippen LogP contribution >= 0.6 is 0 Å². The van der Waals surface area contributed by atoms with Crippen LogP contribution in [0.3, 0.4) is 0 Å². The molecule has 3 aliphatic rings. The number of pyridine rings is 2. The number of ether oxygens (including phenoxy) is 7. The molecule has 4 aromatic rings. The smallest absolute Gasteiger partial charge is 0.407 e. The van der Waals surface area contributed by atoms with Crippen molar-refractivity contribution in [1.82, 2.24) is 30.8 Å². The topological polar surface area (TPSA) is 423 Å². The molecule has 30 heteroatoms. The number of hydrogen-bond acceptors (Lipinski definition) is 21. The number of aliphatic hydroxyl groups is 1. The Hall–Kier alpha value is -8.65. The number of nitrogens with zero attached hydrogens (tertiary/aromatic N) is 2. The number of alkyl carbamates (subject to hydrolysis) is 1. The van der Waals surface area contributed by atoms with Crippen LogP contribution < -0.4 is 43.6 Å². The standard InChI is InChI=1S/C37H61N5O11.C32H33FN4O9/c1-4-27-7-10-30(11-8-27)41-35(47)28(6-5-15-40-37(39)49)25-32(44)34(26(2)3)42-36(48)29(9-12-33(45)46)24-31(43)13-16-50-18-20-52-22-23-53-21-19-51-17-14-38;1-4-32(43)20-9-24-28-18(12-37(24)29(40)19(20)13-46-30(32)41)27-22(6-5-17-15(2)21(33)10-23(36-28)26(17)27)35-25(39)14-45-8-7-16(38)11-34-31(42)44-3/h7-8,10-11,26,28-29,34H,4-6,9,12-25,38H2,1-3H3,(H,41,47)(H,42,48)(H,45,46)(H3,39,40,49);9-10,22,43H,4-8,11-14H2,1-3H3,(H,34,42)(H,35,39)/t28-,29-,34+;22-,32-/m10/s1. The Morgan fingerprint density at radius 3 is 2.08 bits per heavy atom. The number of aliphatic carboxylic acids is 1. The number of ketones is 3. The van der Waals surface area contributed by atoms with Crippen molar-refractivity contribution in [2.45, 2.75) is 143 Å². The van der Waals surface area contributed by atoms with Gasteiger partial charge < -0.3 is 86.0 Å². The zero-order valence-electron chi connectivity index (χ0n) is 57.1. The van der Waals surface area contributed by atoms with E-state index in [1.54, 1.807) is 45.9 Å². The number of Topliss-reactive ketones (excluding diaryl/α,β-unsaturated/α-hetero) is 3. The van der Waals surface area contributed by atoms with Crippen LogP contribution in [-0.2, 0) is 103 Å². The molecule has 0 unspecified atom stereocenters. The molecule has 0 fully saturated rings. The molecule has 0 saturated carbocycles. The largest absolute Gasteiger partial charge is 0.481 e. The van der Waals surface area contributed by atoms with Crippen molar-refractivity contribution in [3.63, 3.8) is 0 Å². The van der Waals surface area contributed by atoms with Crippen molar-refractivity contribution < 1.29 is 95.7 Å². The van der Waals surface area contributed by atoms with E-state index in [1.807, 2.05) is 19.1 Å². The van der Waals surface area contributed by atoms with Gasteiger partial charge in [-0.15, -0.1) is 0 Å². The normalized spacial score (nSPS) is 15.8. The number of amides is 6. The average molecular weight is 1390 g/mol. The maximum atomic E-state index is 15.1. The van der Waals surface area contributed by atoms with Gasteiger partial charge in [0.1, 0.15) is 24.8 Å². The van der Waals surface area contributed by atoms with E-state index < -0.39 is 76.8 Å².